The van der Waals surface area contributed by atoms with Gasteiger partial charge >= 0.3 is 6.03 Å². The van der Waals surface area contributed by atoms with Crippen molar-refractivity contribution >= 4 is 22.5 Å². The van der Waals surface area contributed by atoms with Crippen LogP contribution in [0.2, 0.25) is 0 Å². The van der Waals surface area contributed by atoms with Gasteiger partial charge in [-0.1, -0.05) is 23.5 Å². The highest BCUT2D eigenvalue weighted by Gasteiger charge is 2.23. The average molecular weight is 304 g/mol. The fraction of sp³-hybridized carbons (Fsp3) is 0.357. The minimum absolute atomic E-state index is 0.207. The zero-order valence-electron chi connectivity index (χ0n) is 11.6. The molecule has 1 aromatic heterocycles. The average Bonchev–Trinajstić information content (AvgIpc) is 3.18. The normalized spacial score (nSPS) is 13.8. The van der Waals surface area contributed by atoms with E-state index in [0.29, 0.717) is 17.6 Å². The van der Waals surface area contributed by atoms with Crippen molar-refractivity contribution in [3.63, 3.8) is 0 Å². The molecule has 1 aliphatic carbocycles. The van der Waals surface area contributed by atoms with Gasteiger partial charge < -0.3 is 10.1 Å². The molecular formula is C14H16N4O2S. The fourth-order valence-electron chi connectivity index (χ4n) is 1.88. The number of benzene rings is 1. The third kappa shape index (κ3) is 3.91. The van der Waals surface area contributed by atoms with Gasteiger partial charge in [0.05, 0.1) is 7.11 Å². The van der Waals surface area contributed by atoms with Crippen LogP contribution in [0.25, 0.3) is 0 Å². The van der Waals surface area contributed by atoms with Crippen LogP contribution in [-0.4, -0.2) is 29.4 Å². The molecule has 0 unspecified atom stereocenters. The van der Waals surface area contributed by atoms with Crippen molar-refractivity contribution in [3.05, 3.63) is 34.8 Å². The Bertz CT molecular complexity index is 639. The Balaban J connectivity index is 1.59. The number of nitrogens with zero attached hydrogens (tertiary/aromatic N) is 2. The van der Waals surface area contributed by atoms with Crippen molar-refractivity contribution in [1.29, 1.82) is 0 Å². The Kier molecular flexibility index (Phi) is 4.01. The molecule has 1 aromatic carbocycles. The minimum Gasteiger partial charge on any atom is -0.497 e. The highest BCUT2D eigenvalue weighted by molar-refractivity contribution is 7.15. The highest BCUT2D eigenvalue weighted by Crippen LogP contribution is 2.22. The van der Waals surface area contributed by atoms with Gasteiger partial charge in [-0.3, -0.25) is 5.32 Å². The molecule has 1 heterocycles. The molecule has 6 nitrogen and oxygen atoms in total. The van der Waals surface area contributed by atoms with E-state index in [1.165, 1.54) is 11.3 Å². The van der Waals surface area contributed by atoms with Gasteiger partial charge in [-0.2, -0.15) is 0 Å². The summed E-state index contributed by atoms with van der Waals surface area (Å²) in [5.41, 5.74) is 1.10. The quantitative estimate of drug-likeness (QED) is 0.889. The van der Waals surface area contributed by atoms with Crippen molar-refractivity contribution in [2.24, 2.45) is 0 Å². The van der Waals surface area contributed by atoms with E-state index in [0.717, 1.165) is 29.2 Å². The zero-order valence-corrected chi connectivity index (χ0v) is 12.4. The topological polar surface area (TPSA) is 76.1 Å². The number of rotatable bonds is 5. The molecule has 1 fully saturated rings. The van der Waals surface area contributed by atoms with Crippen molar-refractivity contribution < 1.29 is 9.53 Å². The number of carbonyl (C=O) groups is 1. The molecule has 21 heavy (non-hydrogen) atoms. The summed E-state index contributed by atoms with van der Waals surface area (Å²) in [5, 5.41) is 15.0. The number of nitrogens with one attached hydrogen (secondary N) is 2. The monoisotopic (exact) mass is 304 g/mol. The van der Waals surface area contributed by atoms with Crippen LogP contribution in [-0.2, 0) is 6.42 Å². The molecule has 7 heteroatoms. The first kappa shape index (κ1) is 13.8. The fourth-order valence-corrected chi connectivity index (χ4v) is 2.65. The number of amides is 2. The Labute approximate surface area is 126 Å². The van der Waals surface area contributed by atoms with Gasteiger partial charge in [0, 0.05) is 12.5 Å². The second-order valence-electron chi connectivity index (χ2n) is 4.90. The number of urea groups is 1. The number of aromatic nitrogens is 2. The molecule has 3 rings (SSSR count). The summed E-state index contributed by atoms with van der Waals surface area (Å²) in [7, 11) is 1.64. The van der Waals surface area contributed by atoms with Crippen LogP contribution < -0.4 is 15.4 Å². The van der Waals surface area contributed by atoms with Crippen LogP contribution in [0, 0.1) is 0 Å². The van der Waals surface area contributed by atoms with Gasteiger partial charge in [0.2, 0.25) is 5.13 Å². The molecule has 1 saturated carbocycles. The molecule has 2 aromatic rings. The molecule has 110 valence electrons. The van der Waals surface area contributed by atoms with E-state index in [2.05, 4.69) is 20.8 Å². The van der Waals surface area contributed by atoms with Crippen LogP contribution >= 0.6 is 11.3 Å². The molecule has 0 aliphatic heterocycles. The predicted molar refractivity (Wildman–Crippen MR) is 80.9 cm³/mol. The standard InChI is InChI=1S/C14H16N4O2S/c1-20-11-4-2-3-9(7-11)8-12-17-18-14(21-12)16-13(19)15-10-5-6-10/h2-4,7,10H,5-6,8H2,1H3,(H2,15,16,18,19). The summed E-state index contributed by atoms with van der Waals surface area (Å²) < 4.78 is 5.20. The van der Waals surface area contributed by atoms with E-state index in [4.69, 9.17) is 4.74 Å². The molecule has 0 spiro atoms. The SMILES string of the molecule is COc1cccc(Cc2nnc(NC(=O)NC3CC3)s2)c1. The number of hydrogen-bond donors (Lipinski definition) is 2. The Hall–Kier alpha value is -2.15. The first-order chi connectivity index (χ1) is 10.2. The number of ether oxygens (including phenoxy) is 1. The second kappa shape index (κ2) is 6.09. The Morgan fingerprint density at radius 3 is 3.05 bits per heavy atom. The van der Waals surface area contributed by atoms with Crippen LogP contribution in [0.1, 0.15) is 23.4 Å². The highest BCUT2D eigenvalue weighted by atomic mass is 32.1. The minimum atomic E-state index is -0.207. The maximum absolute atomic E-state index is 11.6. The largest absolute Gasteiger partial charge is 0.497 e. The van der Waals surface area contributed by atoms with Gasteiger partial charge in [-0.15, -0.1) is 10.2 Å². The van der Waals surface area contributed by atoms with E-state index < -0.39 is 0 Å². The molecule has 0 saturated heterocycles. The third-order valence-electron chi connectivity index (χ3n) is 3.09. The first-order valence-electron chi connectivity index (χ1n) is 6.76. The number of methoxy groups -OCH3 is 1. The maximum Gasteiger partial charge on any atom is 0.321 e. The van der Waals surface area contributed by atoms with E-state index in [9.17, 15) is 4.79 Å². The predicted octanol–water partition coefficient (Wildman–Crippen LogP) is 2.42. The lowest BCUT2D eigenvalue weighted by Crippen LogP contribution is -2.30. The van der Waals surface area contributed by atoms with Gasteiger partial charge in [0.25, 0.3) is 0 Å². The smallest absolute Gasteiger partial charge is 0.321 e. The maximum atomic E-state index is 11.6. The van der Waals surface area contributed by atoms with E-state index in [1.54, 1.807) is 7.11 Å². The molecule has 1 aliphatic rings. The third-order valence-corrected chi connectivity index (χ3v) is 3.93. The molecule has 0 radical (unpaired) electrons. The van der Waals surface area contributed by atoms with Gasteiger partial charge in [-0.25, -0.2) is 4.79 Å². The lowest BCUT2D eigenvalue weighted by Gasteiger charge is -2.02. The summed E-state index contributed by atoms with van der Waals surface area (Å²) in [6.45, 7) is 0. The van der Waals surface area contributed by atoms with Crippen LogP contribution in [0.3, 0.4) is 0 Å². The van der Waals surface area contributed by atoms with Crippen molar-refractivity contribution in [2.75, 3.05) is 12.4 Å². The second-order valence-corrected chi connectivity index (χ2v) is 5.96. The zero-order chi connectivity index (χ0) is 14.7. The summed E-state index contributed by atoms with van der Waals surface area (Å²) in [4.78, 5) is 11.6. The van der Waals surface area contributed by atoms with E-state index in [1.807, 2.05) is 24.3 Å². The molecule has 0 bridgehead atoms. The molecule has 2 N–H and O–H groups in total. The van der Waals surface area contributed by atoms with Crippen molar-refractivity contribution in [2.45, 2.75) is 25.3 Å². The van der Waals surface area contributed by atoms with Gasteiger partial charge in [0.1, 0.15) is 10.8 Å². The Morgan fingerprint density at radius 2 is 2.29 bits per heavy atom. The lowest BCUT2D eigenvalue weighted by molar-refractivity contribution is 0.251. The summed E-state index contributed by atoms with van der Waals surface area (Å²) in [6.07, 6.45) is 2.79. The van der Waals surface area contributed by atoms with Gasteiger partial charge in [-0.05, 0) is 30.5 Å². The first-order valence-corrected chi connectivity index (χ1v) is 7.57. The number of hydrogen-bond acceptors (Lipinski definition) is 5. The van der Waals surface area contributed by atoms with Gasteiger partial charge in [0.15, 0.2) is 0 Å². The van der Waals surface area contributed by atoms with Crippen molar-refractivity contribution in [3.8, 4) is 5.75 Å². The lowest BCUT2D eigenvalue weighted by atomic mass is 10.1. The van der Waals surface area contributed by atoms with Crippen LogP contribution in [0.15, 0.2) is 24.3 Å². The van der Waals surface area contributed by atoms with E-state index in [-0.39, 0.29) is 6.03 Å². The summed E-state index contributed by atoms with van der Waals surface area (Å²) in [5.74, 6) is 0.819. The van der Waals surface area contributed by atoms with Crippen molar-refractivity contribution in [1.82, 2.24) is 15.5 Å². The van der Waals surface area contributed by atoms with Crippen LogP contribution in [0.4, 0.5) is 9.93 Å². The molecular weight excluding hydrogens is 288 g/mol. The van der Waals surface area contributed by atoms with Crippen LogP contribution in [0.5, 0.6) is 5.75 Å². The number of anilines is 1. The summed E-state index contributed by atoms with van der Waals surface area (Å²) >= 11 is 1.38. The Morgan fingerprint density at radius 1 is 1.43 bits per heavy atom. The molecule has 0 atom stereocenters. The molecule has 2 amide bonds. The number of carbonyl (C=O) groups excluding carboxylic acids is 1. The van der Waals surface area contributed by atoms with E-state index >= 15 is 0 Å². The summed E-state index contributed by atoms with van der Waals surface area (Å²) in [6, 6.07) is 7.94.